The lowest BCUT2D eigenvalue weighted by molar-refractivity contribution is -0.117. The number of anilines is 1. The molecular formula is C23H25FN4O4. The average molecular weight is 440 g/mol. The van der Waals surface area contributed by atoms with Crippen molar-refractivity contribution in [2.75, 3.05) is 39.2 Å². The maximum absolute atomic E-state index is 13.1. The fourth-order valence-corrected chi connectivity index (χ4v) is 3.74. The summed E-state index contributed by atoms with van der Waals surface area (Å²) in [5, 5.41) is 11.2. The Morgan fingerprint density at radius 2 is 1.88 bits per heavy atom. The average Bonchev–Trinajstić information content (AvgIpc) is 3.30. The first-order valence-corrected chi connectivity index (χ1v) is 10.4. The molecule has 9 heteroatoms. The van der Waals surface area contributed by atoms with Gasteiger partial charge in [-0.15, -0.1) is 10.2 Å². The largest absolute Gasteiger partial charge is 0.497 e. The van der Waals surface area contributed by atoms with Gasteiger partial charge in [0.2, 0.25) is 17.7 Å². The monoisotopic (exact) mass is 440 g/mol. The van der Waals surface area contributed by atoms with Crippen molar-refractivity contribution in [3.05, 3.63) is 54.2 Å². The second kappa shape index (κ2) is 9.78. The molecule has 4 rings (SSSR count). The predicted octanol–water partition coefficient (Wildman–Crippen LogP) is 3.71. The normalized spacial score (nSPS) is 14.8. The maximum atomic E-state index is 13.1. The summed E-state index contributed by atoms with van der Waals surface area (Å²) in [5.41, 5.74) is 1.29. The van der Waals surface area contributed by atoms with Gasteiger partial charge in [0, 0.05) is 17.5 Å². The fraction of sp³-hybridized carbons (Fsp3) is 0.348. The molecule has 0 bridgehead atoms. The van der Waals surface area contributed by atoms with Crippen molar-refractivity contribution in [2.45, 2.75) is 18.8 Å². The quantitative estimate of drug-likeness (QED) is 0.599. The molecule has 0 aliphatic carbocycles. The number of benzene rings is 2. The molecule has 8 nitrogen and oxygen atoms in total. The van der Waals surface area contributed by atoms with Crippen LogP contribution >= 0.6 is 0 Å². The summed E-state index contributed by atoms with van der Waals surface area (Å²) in [6, 6.07) is 11.2. The van der Waals surface area contributed by atoms with Gasteiger partial charge in [-0.05, 0) is 62.3 Å². The Morgan fingerprint density at radius 1 is 1.12 bits per heavy atom. The third-order valence-electron chi connectivity index (χ3n) is 5.52. The summed E-state index contributed by atoms with van der Waals surface area (Å²) in [4.78, 5) is 14.6. The first-order chi connectivity index (χ1) is 15.6. The van der Waals surface area contributed by atoms with Gasteiger partial charge < -0.3 is 19.2 Å². The maximum Gasteiger partial charge on any atom is 0.247 e. The summed E-state index contributed by atoms with van der Waals surface area (Å²) in [5.74, 6) is 1.89. The molecule has 2 heterocycles. The molecule has 1 fully saturated rings. The molecule has 0 unspecified atom stereocenters. The second-order valence-corrected chi connectivity index (χ2v) is 7.62. The molecule has 168 valence electrons. The van der Waals surface area contributed by atoms with Crippen molar-refractivity contribution in [3.8, 4) is 23.0 Å². The molecule has 1 N–H and O–H groups in total. The van der Waals surface area contributed by atoms with Crippen molar-refractivity contribution < 1.29 is 23.1 Å². The molecule has 1 saturated heterocycles. The van der Waals surface area contributed by atoms with E-state index >= 15 is 0 Å². The summed E-state index contributed by atoms with van der Waals surface area (Å²) in [6.45, 7) is 1.77. The first-order valence-electron chi connectivity index (χ1n) is 10.4. The number of ether oxygens (including phenoxy) is 2. The molecule has 0 saturated carbocycles. The molecule has 1 aliphatic heterocycles. The van der Waals surface area contributed by atoms with E-state index in [0.29, 0.717) is 34.5 Å². The predicted molar refractivity (Wildman–Crippen MR) is 116 cm³/mol. The number of halogens is 1. The summed E-state index contributed by atoms with van der Waals surface area (Å²) < 4.78 is 29.4. The number of methoxy groups -OCH3 is 2. The topological polar surface area (TPSA) is 89.7 Å². The zero-order chi connectivity index (χ0) is 22.5. The van der Waals surface area contributed by atoms with Crippen molar-refractivity contribution >= 4 is 11.6 Å². The SMILES string of the molecule is COc1ccc(NC(=O)CN2CCC(c3nnc(-c4ccc(F)cc4)o3)CC2)c(OC)c1. The van der Waals surface area contributed by atoms with Gasteiger partial charge in [-0.25, -0.2) is 4.39 Å². The van der Waals surface area contributed by atoms with Crippen molar-refractivity contribution in [2.24, 2.45) is 0 Å². The molecular weight excluding hydrogens is 415 g/mol. The number of carbonyl (C=O) groups excluding carboxylic acids is 1. The van der Waals surface area contributed by atoms with Gasteiger partial charge >= 0.3 is 0 Å². The molecule has 0 spiro atoms. The number of nitrogens with zero attached hydrogens (tertiary/aromatic N) is 3. The van der Waals surface area contributed by atoms with Gasteiger partial charge in [-0.2, -0.15) is 0 Å². The van der Waals surface area contributed by atoms with Crippen molar-refractivity contribution in [3.63, 3.8) is 0 Å². The van der Waals surface area contributed by atoms with Crippen molar-refractivity contribution in [1.82, 2.24) is 15.1 Å². The van der Waals surface area contributed by atoms with Gasteiger partial charge in [0.05, 0.1) is 26.5 Å². The molecule has 0 atom stereocenters. The Hall–Kier alpha value is -3.46. The number of amides is 1. The zero-order valence-corrected chi connectivity index (χ0v) is 18.0. The Labute approximate surface area is 185 Å². The Bertz CT molecular complexity index is 1060. The van der Waals surface area contributed by atoms with E-state index in [1.165, 1.54) is 12.1 Å². The van der Waals surface area contributed by atoms with Crippen LogP contribution in [0.5, 0.6) is 11.5 Å². The molecule has 1 aliphatic rings. The highest BCUT2D eigenvalue weighted by atomic mass is 19.1. The minimum absolute atomic E-state index is 0.108. The van der Waals surface area contributed by atoms with Crippen LogP contribution in [0.3, 0.4) is 0 Å². The number of hydrogen-bond acceptors (Lipinski definition) is 7. The van der Waals surface area contributed by atoms with Crippen LogP contribution in [0.25, 0.3) is 11.5 Å². The molecule has 1 aromatic heterocycles. The van der Waals surface area contributed by atoms with Crippen LogP contribution < -0.4 is 14.8 Å². The molecule has 0 radical (unpaired) electrons. The minimum atomic E-state index is -0.310. The highest BCUT2D eigenvalue weighted by Gasteiger charge is 2.26. The van der Waals surface area contributed by atoms with Crippen LogP contribution in [-0.4, -0.2) is 54.9 Å². The molecule has 3 aromatic rings. The van der Waals surface area contributed by atoms with E-state index in [1.807, 2.05) is 0 Å². The van der Waals surface area contributed by atoms with Crippen LogP contribution in [0.4, 0.5) is 10.1 Å². The van der Waals surface area contributed by atoms with Crippen LogP contribution in [0.2, 0.25) is 0 Å². The molecule has 1 amide bonds. The first kappa shape index (κ1) is 21.8. The summed E-state index contributed by atoms with van der Waals surface area (Å²) >= 11 is 0. The lowest BCUT2D eigenvalue weighted by atomic mass is 9.97. The van der Waals surface area contributed by atoms with Gasteiger partial charge in [0.25, 0.3) is 0 Å². The second-order valence-electron chi connectivity index (χ2n) is 7.62. The molecule has 32 heavy (non-hydrogen) atoms. The van der Waals surface area contributed by atoms with Crippen LogP contribution in [0, 0.1) is 5.82 Å². The number of hydrogen-bond donors (Lipinski definition) is 1. The Kier molecular flexibility index (Phi) is 6.65. The van der Waals surface area contributed by atoms with Gasteiger partial charge in [0.15, 0.2) is 0 Å². The summed E-state index contributed by atoms with van der Waals surface area (Å²) in [7, 11) is 3.13. The van der Waals surface area contributed by atoms with E-state index in [4.69, 9.17) is 13.9 Å². The van der Waals surface area contributed by atoms with Gasteiger partial charge in [-0.1, -0.05) is 0 Å². The lowest BCUT2D eigenvalue weighted by Gasteiger charge is -2.29. The smallest absolute Gasteiger partial charge is 0.247 e. The standard InChI is InChI=1S/C23H25FN4O4/c1-30-18-7-8-19(20(13-18)31-2)25-21(29)14-28-11-9-16(10-12-28)23-27-26-22(32-23)15-3-5-17(24)6-4-15/h3-8,13,16H,9-12,14H2,1-2H3,(H,25,29). The number of piperidine rings is 1. The third kappa shape index (κ3) is 5.05. The van der Waals surface area contributed by atoms with Crippen molar-refractivity contribution in [1.29, 1.82) is 0 Å². The van der Waals surface area contributed by atoms with Crippen LogP contribution in [0.15, 0.2) is 46.9 Å². The number of likely N-dealkylation sites (tertiary alicyclic amines) is 1. The van der Waals surface area contributed by atoms with E-state index < -0.39 is 0 Å². The number of aromatic nitrogens is 2. The lowest BCUT2D eigenvalue weighted by Crippen LogP contribution is -2.38. The number of rotatable bonds is 7. The van der Waals surface area contributed by atoms with E-state index in [1.54, 1.807) is 44.6 Å². The third-order valence-corrected chi connectivity index (χ3v) is 5.52. The molecule has 2 aromatic carbocycles. The number of carbonyl (C=O) groups is 1. The highest BCUT2D eigenvalue weighted by molar-refractivity contribution is 5.93. The Balaban J connectivity index is 1.30. The Morgan fingerprint density at radius 3 is 2.56 bits per heavy atom. The minimum Gasteiger partial charge on any atom is -0.497 e. The fourth-order valence-electron chi connectivity index (χ4n) is 3.74. The summed E-state index contributed by atoms with van der Waals surface area (Å²) in [6.07, 6.45) is 1.62. The van der Waals surface area contributed by atoms with E-state index in [2.05, 4.69) is 20.4 Å². The van der Waals surface area contributed by atoms with Gasteiger partial charge in [-0.3, -0.25) is 9.69 Å². The van der Waals surface area contributed by atoms with Gasteiger partial charge in [0.1, 0.15) is 17.3 Å². The van der Waals surface area contributed by atoms with E-state index in [-0.39, 0.29) is 24.2 Å². The zero-order valence-electron chi connectivity index (χ0n) is 18.0. The van der Waals surface area contributed by atoms with E-state index in [9.17, 15) is 9.18 Å². The van der Waals surface area contributed by atoms with E-state index in [0.717, 1.165) is 25.9 Å². The number of nitrogens with one attached hydrogen (secondary N) is 1. The van der Waals surface area contributed by atoms with Crippen LogP contribution in [0.1, 0.15) is 24.7 Å². The van der Waals surface area contributed by atoms with Crippen LogP contribution in [-0.2, 0) is 4.79 Å². The highest BCUT2D eigenvalue weighted by Crippen LogP contribution is 2.31.